The molecule has 0 radical (unpaired) electrons. The minimum Gasteiger partial charge on any atom is -0.484 e. The molecule has 0 unspecified atom stereocenters. The Kier molecular flexibility index (Phi) is 6.05. The highest BCUT2D eigenvalue weighted by atomic mass is 19.4. The molecule has 0 aromatic heterocycles. The van der Waals surface area contributed by atoms with Crippen molar-refractivity contribution in [2.24, 2.45) is 5.73 Å². The van der Waals surface area contributed by atoms with Gasteiger partial charge < -0.3 is 20.5 Å². The molecule has 0 heterocycles. The molecule has 3 N–H and O–H groups in total. The van der Waals surface area contributed by atoms with E-state index in [2.05, 4.69) is 10.1 Å². The first kappa shape index (κ1) is 19.1. The van der Waals surface area contributed by atoms with Crippen molar-refractivity contribution >= 4 is 17.5 Å². The number of ether oxygens (including phenoxy) is 2. The molecule has 26 heavy (non-hydrogen) atoms. The summed E-state index contributed by atoms with van der Waals surface area (Å²) >= 11 is 0. The summed E-state index contributed by atoms with van der Waals surface area (Å²) in [4.78, 5) is 22.9. The maximum atomic E-state index is 12.3. The molecule has 9 heteroatoms. The van der Waals surface area contributed by atoms with E-state index < -0.39 is 24.6 Å². The van der Waals surface area contributed by atoms with Crippen molar-refractivity contribution in [1.29, 1.82) is 0 Å². The number of rotatable bonds is 7. The average molecular weight is 368 g/mol. The van der Waals surface area contributed by atoms with Crippen molar-refractivity contribution in [2.45, 2.75) is 6.18 Å². The second kappa shape index (κ2) is 8.24. The number of hydrogen-bond acceptors (Lipinski definition) is 4. The van der Waals surface area contributed by atoms with Crippen LogP contribution in [0.25, 0.3) is 0 Å². The van der Waals surface area contributed by atoms with Crippen LogP contribution in [0.5, 0.6) is 11.5 Å². The van der Waals surface area contributed by atoms with Gasteiger partial charge in [-0.1, -0.05) is 12.1 Å². The van der Waals surface area contributed by atoms with Gasteiger partial charge >= 0.3 is 6.18 Å². The number of para-hydroxylation sites is 2. The summed E-state index contributed by atoms with van der Waals surface area (Å²) in [6, 6.07) is 11.6. The Morgan fingerprint density at radius 2 is 1.65 bits per heavy atom. The molecule has 0 aliphatic carbocycles. The van der Waals surface area contributed by atoms with E-state index in [0.717, 1.165) is 0 Å². The van der Waals surface area contributed by atoms with Gasteiger partial charge in [-0.25, -0.2) is 0 Å². The van der Waals surface area contributed by atoms with Gasteiger partial charge in [-0.15, -0.1) is 0 Å². The standard InChI is InChI=1S/C17H15F3N2O4/c18-17(19,20)10-26-14-4-2-1-3-13(14)22-15(23)9-25-12-7-5-11(6-8-12)16(21)24/h1-8H,9-10H2,(H2,21,24)(H,22,23). The molecule has 2 rings (SSSR count). The van der Waals surface area contributed by atoms with E-state index in [0.29, 0.717) is 5.75 Å². The van der Waals surface area contributed by atoms with Gasteiger partial charge in [0.25, 0.3) is 5.91 Å². The maximum Gasteiger partial charge on any atom is 0.422 e. The summed E-state index contributed by atoms with van der Waals surface area (Å²) in [5.74, 6) is -0.965. The van der Waals surface area contributed by atoms with Gasteiger partial charge in [-0.2, -0.15) is 13.2 Å². The lowest BCUT2D eigenvalue weighted by Crippen LogP contribution is -2.22. The lowest BCUT2D eigenvalue weighted by atomic mass is 10.2. The number of anilines is 1. The number of carbonyl (C=O) groups is 2. The first-order valence-electron chi connectivity index (χ1n) is 7.36. The van der Waals surface area contributed by atoms with E-state index in [4.69, 9.17) is 10.5 Å². The number of primary amides is 1. The van der Waals surface area contributed by atoms with Crippen molar-refractivity contribution < 1.29 is 32.2 Å². The smallest absolute Gasteiger partial charge is 0.422 e. The average Bonchev–Trinajstić information content (AvgIpc) is 2.59. The number of nitrogens with two attached hydrogens (primary N) is 1. The predicted octanol–water partition coefficient (Wildman–Crippen LogP) is 2.74. The van der Waals surface area contributed by atoms with E-state index >= 15 is 0 Å². The first-order valence-corrected chi connectivity index (χ1v) is 7.36. The van der Waals surface area contributed by atoms with Gasteiger partial charge in [-0.3, -0.25) is 9.59 Å². The third-order valence-corrected chi connectivity index (χ3v) is 3.06. The van der Waals surface area contributed by atoms with Gasteiger partial charge in [-0.05, 0) is 36.4 Å². The Morgan fingerprint density at radius 1 is 1.00 bits per heavy atom. The number of benzene rings is 2. The highest BCUT2D eigenvalue weighted by molar-refractivity contribution is 5.94. The Balaban J connectivity index is 1.92. The molecule has 0 atom stereocenters. The summed E-state index contributed by atoms with van der Waals surface area (Å²) in [7, 11) is 0. The summed E-state index contributed by atoms with van der Waals surface area (Å²) in [5.41, 5.74) is 5.49. The molecular formula is C17H15F3N2O4. The van der Waals surface area contributed by atoms with Crippen LogP contribution in [-0.2, 0) is 4.79 Å². The van der Waals surface area contributed by atoms with E-state index in [1.807, 2.05) is 0 Å². The van der Waals surface area contributed by atoms with E-state index in [-0.39, 0.29) is 23.6 Å². The molecule has 0 spiro atoms. The van der Waals surface area contributed by atoms with Crippen LogP contribution >= 0.6 is 0 Å². The fourth-order valence-electron chi connectivity index (χ4n) is 1.91. The molecule has 2 amide bonds. The highest BCUT2D eigenvalue weighted by Crippen LogP contribution is 2.26. The fourth-order valence-corrected chi connectivity index (χ4v) is 1.91. The summed E-state index contributed by atoms with van der Waals surface area (Å²) in [5, 5.41) is 2.42. The molecule has 0 fully saturated rings. The Hall–Kier alpha value is -3.23. The van der Waals surface area contributed by atoms with Crippen LogP contribution in [0, 0.1) is 0 Å². The van der Waals surface area contributed by atoms with Crippen LogP contribution in [0.2, 0.25) is 0 Å². The number of carbonyl (C=O) groups excluding carboxylic acids is 2. The van der Waals surface area contributed by atoms with Crippen molar-refractivity contribution in [1.82, 2.24) is 0 Å². The summed E-state index contributed by atoms with van der Waals surface area (Å²) in [6.45, 7) is -1.86. The second-order valence-corrected chi connectivity index (χ2v) is 5.13. The third-order valence-electron chi connectivity index (χ3n) is 3.06. The number of amides is 2. The topological polar surface area (TPSA) is 90.7 Å². The van der Waals surface area contributed by atoms with Crippen molar-refractivity contribution in [3.63, 3.8) is 0 Å². The van der Waals surface area contributed by atoms with Gasteiger partial charge in [0.2, 0.25) is 5.91 Å². The molecule has 6 nitrogen and oxygen atoms in total. The predicted molar refractivity (Wildman–Crippen MR) is 87.1 cm³/mol. The Labute approximate surface area is 146 Å². The van der Waals surface area contributed by atoms with Crippen molar-refractivity contribution in [3.05, 3.63) is 54.1 Å². The minimum atomic E-state index is -4.49. The third kappa shape index (κ3) is 6.00. The molecule has 0 saturated heterocycles. The maximum absolute atomic E-state index is 12.3. The fraction of sp³-hybridized carbons (Fsp3) is 0.176. The zero-order chi connectivity index (χ0) is 19.2. The van der Waals surface area contributed by atoms with Gasteiger partial charge in [0.1, 0.15) is 11.5 Å². The lowest BCUT2D eigenvalue weighted by Gasteiger charge is -2.14. The van der Waals surface area contributed by atoms with Gasteiger partial charge in [0.15, 0.2) is 13.2 Å². The van der Waals surface area contributed by atoms with E-state index in [1.54, 1.807) is 6.07 Å². The molecule has 0 aliphatic heterocycles. The number of alkyl halides is 3. The van der Waals surface area contributed by atoms with Crippen LogP contribution in [-0.4, -0.2) is 31.2 Å². The zero-order valence-electron chi connectivity index (χ0n) is 13.4. The largest absolute Gasteiger partial charge is 0.484 e. The molecule has 2 aromatic carbocycles. The van der Waals surface area contributed by atoms with Crippen molar-refractivity contribution in [3.8, 4) is 11.5 Å². The van der Waals surface area contributed by atoms with E-state index in [9.17, 15) is 22.8 Å². The molecule has 0 bridgehead atoms. The monoisotopic (exact) mass is 368 g/mol. The molecule has 138 valence electrons. The normalized spacial score (nSPS) is 10.9. The molecule has 0 saturated carbocycles. The van der Waals surface area contributed by atoms with E-state index in [1.165, 1.54) is 42.5 Å². The lowest BCUT2D eigenvalue weighted by molar-refractivity contribution is -0.153. The molecule has 2 aromatic rings. The highest BCUT2D eigenvalue weighted by Gasteiger charge is 2.28. The summed E-state index contributed by atoms with van der Waals surface area (Å²) in [6.07, 6.45) is -4.49. The second-order valence-electron chi connectivity index (χ2n) is 5.13. The van der Waals surface area contributed by atoms with Crippen LogP contribution in [0.4, 0.5) is 18.9 Å². The molecular weight excluding hydrogens is 353 g/mol. The van der Waals surface area contributed by atoms with Crippen LogP contribution < -0.4 is 20.5 Å². The number of hydrogen-bond donors (Lipinski definition) is 2. The number of halogens is 3. The van der Waals surface area contributed by atoms with Gasteiger partial charge in [0, 0.05) is 5.56 Å². The van der Waals surface area contributed by atoms with Gasteiger partial charge in [0.05, 0.1) is 5.69 Å². The molecule has 0 aliphatic rings. The zero-order valence-corrected chi connectivity index (χ0v) is 13.4. The Bertz CT molecular complexity index is 776. The van der Waals surface area contributed by atoms with Crippen LogP contribution in [0.3, 0.4) is 0 Å². The van der Waals surface area contributed by atoms with Crippen LogP contribution in [0.1, 0.15) is 10.4 Å². The van der Waals surface area contributed by atoms with Crippen LogP contribution in [0.15, 0.2) is 48.5 Å². The quantitative estimate of drug-likeness (QED) is 0.786. The minimum absolute atomic E-state index is 0.0921. The first-order chi connectivity index (χ1) is 12.2. The number of nitrogens with one attached hydrogen (secondary N) is 1. The Morgan fingerprint density at radius 3 is 2.27 bits per heavy atom. The van der Waals surface area contributed by atoms with Crippen molar-refractivity contribution in [2.75, 3.05) is 18.5 Å². The SMILES string of the molecule is NC(=O)c1ccc(OCC(=O)Nc2ccccc2OCC(F)(F)F)cc1. The summed E-state index contributed by atoms with van der Waals surface area (Å²) < 4.78 is 46.7.